The Bertz CT molecular complexity index is 681. The Labute approximate surface area is 145 Å². The molecule has 7 heteroatoms. The van der Waals surface area contributed by atoms with Gasteiger partial charge in [-0.25, -0.2) is 4.39 Å². The van der Waals surface area contributed by atoms with Crippen LogP contribution in [0.1, 0.15) is 19.3 Å². The minimum atomic E-state index is -0.227. The number of likely N-dealkylation sites (tertiary alicyclic amines) is 1. The number of fused-ring (bicyclic) bond motifs is 1. The lowest BCUT2D eigenvalue weighted by molar-refractivity contribution is 0.169. The van der Waals surface area contributed by atoms with E-state index in [2.05, 4.69) is 24.6 Å². The van der Waals surface area contributed by atoms with Crippen LogP contribution in [-0.4, -0.2) is 56.6 Å². The summed E-state index contributed by atoms with van der Waals surface area (Å²) in [4.78, 5) is 5.00. The van der Waals surface area contributed by atoms with Gasteiger partial charge in [-0.05, 0) is 50.2 Å². The third-order valence-electron chi connectivity index (χ3n) is 4.72. The Morgan fingerprint density at radius 2 is 1.71 bits per heavy atom. The van der Waals surface area contributed by atoms with E-state index in [0.29, 0.717) is 0 Å². The molecule has 1 fully saturated rings. The number of piperidine rings is 1. The molecule has 1 aromatic carbocycles. The number of aromatic nitrogens is 3. The maximum absolute atomic E-state index is 13.1. The van der Waals surface area contributed by atoms with Crippen LogP contribution < -0.4 is 0 Å². The van der Waals surface area contributed by atoms with Gasteiger partial charge >= 0.3 is 0 Å². The van der Waals surface area contributed by atoms with Gasteiger partial charge in [0.2, 0.25) is 0 Å². The predicted molar refractivity (Wildman–Crippen MR) is 93.1 cm³/mol. The van der Waals surface area contributed by atoms with Gasteiger partial charge in [-0.1, -0.05) is 18.2 Å². The van der Waals surface area contributed by atoms with E-state index < -0.39 is 0 Å². The number of benzene rings is 1. The molecular formula is C17H22FN5S. The highest BCUT2D eigenvalue weighted by molar-refractivity contribution is 7.99. The molecule has 0 aliphatic carbocycles. The third kappa shape index (κ3) is 3.48. The number of thioether (sulfide) groups is 1. The summed E-state index contributed by atoms with van der Waals surface area (Å²) in [6.45, 7) is 5.46. The molecule has 1 saturated heterocycles. The van der Waals surface area contributed by atoms with Crippen molar-refractivity contribution in [2.75, 3.05) is 32.1 Å². The highest BCUT2D eigenvalue weighted by Gasteiger charge is 2.23. The van der Waals surface area contributed by atoms with E-state index in [4.69, 9.17) is 0 Å². The number of hydrogen-bond acceptors (Lipinski definition) is 5. The van der Waals surface area contributed by atoms with Gasteiger partial charge in [0.15, 0.2) is 11.0 Å². The molecule has 4 rings (SSSR count). The van der Waals surface area contributed by atoms with Crippen molar-refractivity contribution in [3.63, 3.8) is 0 Å². The molecule has 2 aromatic rings. The molecule has 128 valence electrons. The van der Waals surface area contributed by atoms with E-state index in [0.717, 1.165) is 42.2 Å². The zero-order valence-electron chi connectivity index (χ0n) is 13.7. The Hall–Kier alpha value is -1.44. The van der Waals surface area contributed by atoms with Crippen molar-refractivity contribution < 1.29 is 4.39 Å². The summed E-state index contributed by atoms with van der Waals surface area (Å²) >= 11 is 1.72. The van der Waals surface area contributed by atoms with Crippen LogP contribution in [-0.2, 0) is 6.67 Å². The van der Waals surface area contributed by atoms with Crippen molar-refractivity contribution in [1.29, 1.82) is 0 Å². The molecule has 0 bridgehead atoms. The summed E-state index contributed by atoms with van der Waals surface area (Å²) in [6, 6.07) is 6.48. The summed E-state index contributed by atoms with van der Waals surface area (Å²) in [5, 5.41) is 9.55. The van der Waals surface area contributed by atoms with Crippen LogP contribution in [0.4, 0.5) is 4.39 Å². The number of hydrogen-bond donors (Lipinski definition) is 0. The SMILES string of the molecule is Fc1ccc(-c2nnc3n2CN(CCN2CCCCC2)CS3)cc1. The van der Waals surface area contributed by atoms with Crippen molar-refractivity contribution in [1.82, 2.24) is 24.6 Å². The molecule has 0 spiro atoms. The first-order valence-electron chi connectivity index (χ1n) is 8.56. The largest absolute Gasteiger partial charge is 0.302 e. The summed E-state index contributed by atoms with van der Waals surface area (Å²) in [5.74, 6) is 1.55. The Kier molecular flexibility index (Phi) is 4.82. The normalized spacial score (nSPS) is 19.4. The van der Waals surface area contributed by atoms with Crippen molar-refractivity contribution in [2.45, 2.75) is 31.1 Å². The lowest BCUT2D eigenvalue weighted by atomic mass is 10.1. The average molecular weight is 347 g/mol. The highest BCUT2D eigenvalue weighted by Crippen LogP contribution is 2.28. The quantitative estimate of drug-likeness (QED) is 0.850. The van der Waals surface area contributed by atoms with Gasteiger partial charge in [-0.3, -0.25) is 9.47 Å². The van der Waals surface area contributed by atoms with E-state index in [1.54, 1.807) is 23.9 Å². The van der Waals surface area contributed by atoms with Crippen molar-refractivity contribution >= 4 is 11.8 Å². The van der Waals surface area contributed by atoms with E-state index >= 15 is 0 Å². The number of halogens is 1. The van der Waals surface area contributed by atoms with Crippen LogP contribution in [0.2, 0.25) is 0 Å². The van der Waals surface area contributed by atoms with E-state index in [1.807, 2.05) is 0 Å². The van der Waals surface area contributed by atoms with Gasteiger partial charge in [0, 0.05) is 18.7 Å². The van der Waals surface area contributed by atoms with Crippen LogP contribution in [0.15, 0.2) is 29.4 Å². The summed E-state index contributed by atoms with van der Waals surface area (Å²) < 4.78 is 15.3. The number of rotatable bonds is 4. The van der Waals surface area contributed by atoms with Crippen molar-refractivity contribution in [3.8, 4) is 11.4 Å². The molecule has 0 unspecified atom stereocenters. The van der Waals surface area contributed by atoms with Crippen LogP contribution in [0.25, 0.3) is 11.4 Å². The molecule has 0 radical (unpaired) electrons. The fourth-order valence-corrected chi connectivity index (χ4v) is 4.23. The maximum Gasteiger partial charge on any atom is 0.193 e. The molecule has 0 atom stereocenters. The maximum atomic E-state index is 13.1. The smallest absolute Gasteiger partial charge is 0.193 e. The topological polar surface area (TPSA) is 37.2 Å². The molecule has 24 heavy (non-hydrogen) atoms. The molecule has 0 N–H and O–H groups in total. The van der Waals surface area contributed by atoms with Crippen LogP contribution in [0.3, 0.4) is 0 Å². The zero-order valence-corrected chi connectivity index (χ0v) is 14.5. The fourth-order valence-electron chi connectivity index (χ4n) is 3.33. The van der Waals surface area contributed by atoms with Gasteiger partial charge in [-0.2, -0.15) is 0 Å². The average Bonchev–Trinajstić information content (AvgIpc) is 3.05. The second-order valence-electron chi connectivity index (χ2n) is 6.45. The highest BCUT2D eigenvalue weighted by atomic mass is 32.2. The monoisotopic (exact) mass is 347 g/mol. The Balaban J connectivity index is 1.44. The second kappa shape index (κ2) is 7.21. The molecule has 2 aliphatic heterocycles. The van der Waals surface area contributed by atoms with E-state index in [1.165, 1.54) is 44.5 Å². The lowest BCUT2D eigenvalue weighted by Crippen LogP contribution is -2.39. The molecule has 1 aromatic heterocycles. The lowest BCUT2D eigenvalue weighted by Gasteiger charge is -2.32. The standard InChI is InChI=1S/C17H22FN5S/c18-15-6-4-14(5-7-15)16-19-20-17-23(16)12-22(13-24-17)11-10-21-8-2-1-3-9-21/h4-7H,1-3,8-13H2. The molecular weight excluding hydrogens is 325 g/mol. The molecule has 2 aliphatic rings. The fraction of sp³-hybridized carbons (Fsp3) is 0.529. The minimum Gasteiger partial charge on any atom is -0.302 e. The molecule has 3 heterocycles. The summed E-state index contributed by atoms with van der Waals surface area (Å²) in [5.41, 5.74) is 0.911. The van der Waals surface area contributed by atoms with Gasteiger partial charge in [0.05, 0.1) is 12.5 Å². The molecule has 0 saturated carbocycles. The van der Waals surface area contributed by atoms with Crippen molar-refractivity contribution in [2.24, 2.45) is 0 Å². The minimum absolute atomic E-state index is 0.227. The van der Waals surface area contributed by atoms with Crippen molar-refractivity contribution in [3.05, 3.63) is 30.1 Å². The first kappa shape index (κ1) is 16.1. The zero-order chi connectivity index (χ0) is 16.4. The molecule has 0 amide bonds. The van der Waals surface area contributed by atoms with Gasteiger partial charge < -0.3 is 4.90 Å². The third-order valence-corrected chi connectivity index (χ3v) is 5.77. The Morgan fingerprint density at radius 1 is 0.958 bits per heavy atom. The second-order valence-corrected chi connectivity index (χ2v) is 7.36. The van der Waals surface area contributed by atoms with Crippen LogP contribution in [0.5, 0.6) is 0 Å². The molecule has 5 nitrogen and oxygen atoms in total. The van der Waals surface area contributed by atoms with Crippen LogP contribution >= 0.6 is 11.8 Å². The first-order chi connectivity index (χ1) is 11.8. The Morgan fingerprint density at radius 3 is 2.50 bits per heavy atom. The van der Waals surface area contributed by atoms with E-state index in [-0.39, 0.29) is 5.82 Å². The van der Waals surface area contributed by atoms with E-state index in [9.17, 15) is 4.39 Å². The predicted octanol–water partition coefficient (Wildman–Crippen LogP) is 2.89. The van der Waals surface area contributed by atoms with Gasteiger partial charge in [-0.15, -0.1) is 10.2 Å². The number of nitrogens with zero attached hydrogens (tertiary/aromatic N) is 5. The van der Waals surface area contributed by atoms with Gasteiger partial charge in [0.1, 0.15) is 5.82 Å². The summed E-state index contributed by atoms with van der Waals surface area (Å²) in [6.07, 6.45) is 4.04. The summed E-state index contributed by atoms with van der Waals surface area (Å²) in [7, 11) is 0. The first-order valence-corrected chi connectivity index (χ1v) is 9.55. The van der Waals surface area contributed by atoms with Crippen LogP contribution in [0, 0.1) is 5.82 Å². The van der Waals surface area contributed by atoms with Gasteiger partial charge in [0.25, 0.3) is 0 Å².